The summed E-state index contributed by atoms with van der Waals surface area (Å²) < 4.78 is 0. The molecule has 0 saturated heterocycles. The summed E-state index contributed by atoms with van der Waals surface area (Å²) in [5.74, 6) is 4.91. The lowest BCUT2D eigenvalue weighted by atomic mass is 10.1. The highest BCUT2D eigenvalue weighted by Crippen LogP contribution is 1.91. The van der Waals surface area contributed by atoms with Crippen LogP contribution >= 0.6 is 12.6 Å². The van der Waals surface area contributed by atoms with Crippen LogP contribution in [0.4, 0.5) is 0 Å². The molecule has 0 fully saturated rings. The SMILES string of the molecule is B/C(N)=C(\S)NN. The van der Waals surface area contributed by atoms with Gasteiger partial charge in [-0.25, -0.2) is 0 Å². The minimum atomic E-state index is 0.514. The molecule has 0 aliphatic heterocycles. The minimum absolute atomic E-state index is 0.514. The average Bonchev–Trinajstić information content (AvgIpc) is 1.65. The first kappa shape index (κ1) is 6.71. The van der Waals surface area contributed by atoms with Crippen LogP contribution in [0.15, 0.2) is 10.6 Å². The van der Waals surface area contributed by atoms with Crippen molar-refractivity contribution in [3.05, 3.63) is 10.6 Å². The van der Waals surface area contributed by atoms with E-state index in [-0.39, 0.29) is 0 Å². The molecule has 0 radical (unpaired) electrons. The number of nitrogens with two attached hydrogens (primary N) is 2. The van der Waals surface area contributed by atoms with Crippen LogP contribution in [-0.2, 0) is 0 Å². The summed E-state index contributed by atoms with van der Waals surface area (Å²) in [6.07, 6.45) is 0. The van der Waals surface area contributed by atoms with E-state index in [2.05, 4.69) is 18.1 Å². The molecule has 0 aliphatic carbocycles. The Labute approximate surface area is 48.9 Å². The van der Waals surface area contributed by atoms with Gasteiger partial charge in [-0.05, 0) is 5.60 Å². The van der Waals surface area contributed by atoms with Crippen molar-refractivity contribution in [2.24, 2.45) is 11.6 Å². The van der Waals surface area contributed by atoms with Crippen LogP contribution in [0, 0.1) is 0 Å². The molecule has 5 heteroatoms. The number of hydrogen-bond donors (Lipinski definition) is 4. The summed E-state index contributed by atoms with van der Waals surface area (Å²) in [5, 5.41) is 0.514. The number of nitrogens with one attached hydrogen (secondary N) is 1. The zero-order valence-corrected chi connectivity index (χ0v) is 5.00. The molecule has 0 rings (SSSR count). The van der Waals surface area contributed by atoms with Crippen LogP contribution in [0.2, 0.25) is 0 Å². The normalized spacial score (nSPS) is 12.9. The first-order valence-corrected chi connectivity index (χ1v) is 2.25. The van der Waals surface area contributed by atoms with Crippen LogP contribution in [0.3, 0.4) is 0 Å². The molecule has 0 spiro atoms. The Morgan fingerprint density at radius 2 is 2.14 bits per heavy atom. The second kappa shape index (κ2) is 2.82. The fourth-order valence-electron chi connectivity index (χ4n) is 0.114. The molecule has 7 heavy (non-hydrogen) atoms. The molecular weight excluding hydrogens is 109 g/mol. The lowest BCUT2D eigenvalue weighted by Crippen LogP contribution is -2.21. The van der Waals surface area contributed by atoms with Crippen molar-refractivity contribution in [1.29, 1.82) is 0 Å². The second-order valence-electron chi connectivity index (χ2n) is 1.18. The zero-order chi connectivity index (χ0) is 5.86. The maximum Gasteiger partial charge on any atom is 0.163 e. The van der Waals surface area contributed by atoms with E-state index in [1.54, 1.807) is 7.85 Å². The van der Waals surface area contributed by atoms with Crippen molar-refractivity contribution in [3.63, 3.8) is 0 Å². The summed E-state index contributed by atoms with van der Waals surface area (Å²) in [5.41, 5.74) is 8.08. The van der Waals surface area contributed by atoms with Gasteiger partial charge in [0, 0.05) is 0 Å². The van der Waals surface area contributed by atoms with E-state index >= 15 is 0 Å². The van der Waals surface area contributed by atoms with Crippen molar-refractivity contribution in [1.82, 2.24) is 5.43 Å². The number of hydrazine groups is 1. The standard InChI is InChI=1S/C2H8BN3S/c3-1(4)2(7)6-5/h6-7H,3-5H2/b2-1+. The van der Waals surface area contributed by atoms with E-state index in [1.807, 2.05) is 0 Å². The van der Waals surface area contributed by atoms with E-state index < -0.39 is 0 Å². The molecule has 0 aromatic heterocycles. The average molecular weight is 117 g/mol. The molecule has 0 aromatic rings. The zero-order valence-electron chi connectivity index (χ0n) is 4.10. The van der Waals surface area contributed by atoms with E-state index in [9.17, 15) is 0 Å². The Hall–Kier alpha value is -0.285. The highest BCUT2D eigenvalue weighted by Gasteiger charge is 1.83. The molecule has 40 valence electrons. The number of thiol groups is 1. The van der Waals surface area contributed by atoms with Crippen molar-refractivity contribution < 1.29 is 0 Å². The van der Waals surface area contributed by atoms with Gasteiger partial charge in [-0.1, -0.05) is 0 Å². The summed E-state index contributed by atoms with van der Waals surface area (Å²) >= 11 is 3.84. The van der Waals surface area contributed by atoms with Crippen LogP contribution in [0.25, 0.3) is 0 Å². The van der Waals surface area contributed by atoms with Crippen molar-refractivity contribution >= 4 is 20.5 Å². The largest absolute Gasteiger partial charge is 0.408 e. The third kappa shape index (κ3) is 2.41. The van der Waals surface area contributed by atoms with Gasteiger partial charge in [-0.3, -0.25) is 5.84 Å². The maximum absolute atomic E-state index is 5.21. The lowest BCUT2D eigenvalue weighted by Gasteiger charge is -1.97. The Morgan fingerprint density at radius 3 is 2.14 bits per heavy atom. The molecule has 0 aliphatic rings. The van der Waals surface area contributed by atoms with Gasteiger partial charge < -0.3 is 11.2 Å². The van der Waals surface area contributed by atoms with Gasteiger partial charge >= 0.3 is 0 Å². The Bertz CT molecular complexity index is 86.9. The highest BCUT2D eigenvalue weighted by atomic mass is 32.1. The molecule has 0 amide bonds. The minimum Gasteiger partial charge on any atom is -0.408 e. The number of rotatable bonds is 1. The van der Waals surface area contributed by atoms with E-state index in [0.717, 1.165) is 0 Å². The molecule has 0 saturated carbocycles. The predicted molar refractivity (Wildman–Crippen MR) is 36.1 cm³/mol. The molecule has 0 atom stereocenters. The topological polar surface area (TPSA) is 64.1 Å². The highest BCUT2D eigenvalue weighted by molar-refractivity contribution is 7.84. The molecule has 0 unspecified atom stereocenters. The Balaban J connectivity index is 3.72. The van der Waals surface area contributed by atoms with Gasteiger partial charge in [0.1, 0.15) is 0 Å². The summed E-state index contributed by atoms with van der Waals surface area (Å²) in [6.45, 7) is 0. The lowest BCUT2D eigenvalue weighted by molar-refractivity contribution is 0.942. The van der Waals surface area contributed by atoms with Gasteiger partial charge in [0.05, 0.1) is 5.03 Å². The molecule has 0 aromatic carbocycles. The van der Waals surface area contributed by atoms with Gasteiger partial charge in [0.15, 0.2) is 7.85 Å². The smallest absolute Gasteiger partial charge is 0.163 e. The van der Waals surface area contributed by atoms with E-state index in [4.69, 9.17) is 11.6 Å². The first-order chi connectivity index (χ1) is 3.18. The third-order valence-electron chi connectivity index (χ3n) is 0.510. The summed E-state index contributed by atoms with van der Waals surface area (Å²) in [6, 6.07) is 0. The maximum atomic E-state index is 5.21. The fourth-order valence-corrected chi connectivity index (χ4v) is 0.114. The van der Waals surface area contributed by atoms with Crippen LogP contribution in [-0.4, -0.2) is 7.85 Å². The quantitative estimate of drug-likeness (QED) is 0.140. The van der Waals surface area contributed by atoms with Crippen molar-refractivity contribution in [2.45, 2.75) is 0 Å². The van der Waals surface area contributed by atoms with E-state index in [0.29, 0.717) is 10.6 Å². The summed E-state index contributed by atoms with van der Waals surface area (Å²) in [7, 11) is 1.71. The predicted octanol–water partition coefficient (Wildman–Crippen LogP) is -1.90. The van der Waals surface area contributed by atoms with E-state index in [1.165, 1.54) is 0 Å². The van der Waals surface area contributed by atoms with Gasteiger partial charge in [-0.2, -0.15) is 0 Å². The number of hydrogen-bond acceptors (Lipinski definition) is 4. The molecule has 5 N–H and O–H groups in total. The Kier molecular flexibility index (Phi) is 2.70. The van der Waals surface area contributed by atoms with Crippen molar-refractivity contribution in [2.75, 3.05) is 0 Å². The van der Waals surface area contributed by atoms with Crippen LogP contribution in [0.5, 0.6) is 0 Å². The molecule has 0 heterocycles. The monoisotopic (exact) mass is 117 g/mol. The van der Waals surface area contributed by atoms with Crippen molar-refractivity contribution in [3.8, 4) is 0 Å². The second-order valence-corrected chi connectivity index (χ2v) is 1.62. The van der Waals surface area contributed by atoms with Crippen LogP contribution in [0.1, 0.15) is 0 Å². The third-order valence-corrected chi connectivity index (χ3v) is 0.992. The molecule has 0 bridgehead atoms. The molecular formula is C2H8BN3S. The molecule has 3 nitrogen and oxygen atoms in total. The van der Waals surface area contributed by atoms with Gasteiger partial charge in [0.25, 0.3) is 0 Å². The fraction of sp³-hybridized carbons (Fsp3) is 0. The Morgan fingerprint density at radius 1 is 1.71 bits per heavy atom. The van der Waals surface area contributed by atoms with Crippen LogP contribution < -0.4 is 17.0 Å². The first-order valence-electron chi connectivity index (χ1n) is 1.80. The van der Waals surface area contributed by atoms with Gasteiger partial charge in [0.2, 0.25) is 0 Å². The van der Waals surface area contributed by atoms with Gasteiger partial charge in [-0.15, -0.1) is 12.6 Å². The summed E-state index contributed by atoms with van der Waals surface area (Å²) in [4.78, 5) is 0.